The lowest BCUT2D eigenvalue weighted by molar-refractivity contribution is -0.0481. The Morgan fingerprint density at radius 3 is 2.71 bits per heavy atom. The van der Waals surface area contributed by atoms with Crippen molar-refractivity contribution in [3.8, 4) is 0 Å². The van der Waals surface area contributed by atoms with Crippen LogP contribution >= 0.6 is 11.3 Å². The van der Waals surface area contributed by atoms with Crippen LogP contribution in [0.5, 0.6) is 0 Å². The average Bonchev–Trinajstić information content (AvgIpc) is 2.63. The quantitative estimate of drug-likeness (QED) is 0.906. The summed E-state index contributed by atoms with van der Waals surface area (Å²) < 4.78 is 26.0. The number of hydrogen-bond donors (Lipinski definition) is 1. The van der Waals surface area contributed by atoms with Gasteiger partial charge in [-0.1, -0.05) is 0 Å². The Bertz CT molecular complexity index is 368. The molecule has 0 spiro atoms. The first-order chi connectivity index (χ1) is 7.96. The van der Waals surface area contributed by atoms with Gasteiger partial charge in [0.15, 0.2) is 0 Å². The van der Waals surface area contributed by atoms with E-state index in [-0.39, 0.29) is 24.8 Å². The minimum atomic E-state index is -2.46. The van der Waals surface area contributed by atoms with Crippen LogP contribution in [0.2, 0.25) is 0 Å². The highest BCUT2D eigenvalue weighted by atomic mass is 32.1. The van der Waals surface area contributed by atoms with Crippen LogP contribution in [0.1, 0.15) is 36.4 Å². The van der Waals surface area contributed by atoms with Crippen molar-refractivity contribution in [3.63, 3.8) is 0 Å². The van der Waals surface area contributed by atoms with E-state index in [9.17, 15) is 8.78 Å². The van der Waals surface area contributed by atoms with Crippen LogP contribution in [-0.2, 0) is 6.42 Å². The van der Waals surface area contributed by atoms with Crippen LogP contribution in [0.15, 0.2) is 5.38 Å². The highest BCUT2D eigenvalue weighted by Crippen LogP contribution is 2.37. The summed E-state index contributed by atoms with van der Waals surface area (Å²) in [5.41, 5.74) is 7.11. The Kier molecular flexibility index (Phi) is 3.78. The summed E-state index contributed by atoms with van der Waals surface area (Å²) in [5.74, 6) is -2.24. The van der Waals surface area contributed by atoms with E-state index >= 15 is 0 Å². The van der Waals surface area contributed by atoms with Crippen LogP contribution < -0.4 is 5.73 Å². The molecule has 0 amide bonds. The molecule has 0 aromatic carbocycles. The van der Waals surface area contributed by atoms with Crippen molar-refractivity contribution < 1.29 is 8.78 Å². The maximum Gasteiger partial charge on any atom is 0.248 e. The first-order valence-corrected chi connectivity index (χ1v) is 6.89. The van der Waals surface area contributed by atoms with Crippen molar-refractivity contribution in [2.45, 2.75) is 51.0 Å². The third-order valence-electron chi connectivity index (χ3n) is 3.44. The number of halogens is 2. The number of hydrogen-bond acceptors (Lipinski definition) is 3. The number of nitrogens with zero attached hydrogens (tertiary/aromatic N) is 1. The zero-order valence-electron chi connectivity index (χ0n) is 9.96. The predicted octanol–water partition coefficient (Wildman–Crippen LogP) is 3.15. The molecular formula is C12H18F2N2S. The minimum Gasteiger partial charge on any atom is -0.327 e. The van der Waals surface area contributed by atoms with Gasteiger partial charge in [-0.25, -0.2) is 13.8 Å². The number of thiazole rings is 1. The second-order valence-electron chi connectivity index (χ2n) is 4.94. The minimum absolute atomic E-state index is 0.0116. The summed E-state index contributed by atoms with van der Waals surface area (Å²) in [5, 5.41) is 3.02. The lowest BCUT2D eigenvalue weighted by Gasteiger charge is -2.31. The van der Waals surface area contributed by atoms with Gasteiger partial charge in [0.25, 0.3) is 0 Å². The Balaban J connectivity index is 1.87. The van der Waals surface area contributed by atoms with Gasteiger partial charge in [-0.3, -0.25) is 0 Å². The van der Waals surface area contributed by atoms with E-state index in [4.69, 9.17) is 5.73 Å². The fourth-order valence-corrected chi connectivity index (χ4v) is 3.20. The summed E-state index contributed by atoms with van der Waals surface area (Å²) in [6.45, 7) is 1.95. The highest BCUT2D eigenvalue weighted by molar-refractivity contribution is 7.09. The Morgan fingerprint density at radius 2 is 2.18 bits per heavy atom. The number of alkyl halides is 2. The molecule has 0 radical (unpaired) electrons. The molecule has 1 aromatic heterocycles. The number of aryl methyl sites for hydroxylation is 1. The van der Waals surface area contributed by atoms with Gasteiger partial charge in [0.1, 0.15) is 0 Å². The molecule has 5 heteroatoms. The van der Waals surface area contributed by atoms with Gasteiger partial charge in [-0.05, 0) is 25.7 Å². The van der Waals surface area contributed by atoms with Crippen molar-refractivity contribution >= 4 is 11.3 Å². The van der Waals surface area contributed by atoms with E-state index < -0.39 is 5.92 Å². The SMILES string of the molecule is Cc1csc(CC(N)C2CCC(F)(F)CC2)n1. The first kappa shape index (κ1) is 12.9. The van der Waals surface area contributed by atoms with E-state index in [1.807, 2.05) is 12.3 Å². The fraction of sp³-hybridized carbons (Fsp3) is 0.750. The Labute approximate surface area is 104 Å². The fourth-order valence-electron chi connectivity index (χ4n) is 2.36. The summed E-state index contributed by atoms with van der Waals surface area (Å²) >= 11 is 1.60. The molecule has 0 bridgehead atoms. The van der Waals surface area contributed by atoms with Crippen LogP contribution in [0.25, 0.3) is 0 Å². The van der Waals surface area contributed by atoms with E-state index in [0.717, 1.165) is 17.1 Å². The Hall–Kier alpha value is -0.550. The van der Waals surface area contributed by atoms with Gasteiger partial charge in [-0.15, -0.1) is 11.3 Å². The molecular weight excluding hydrogens is 242 g/mol. The zero-order chi connectivity index (χ0) is 12.5. The summed E-state index contributed by atoms with van der Waals surface area (Å²) in [6, 6.07) is -0.0309. The first-order valence-electron chi connectivity index (χ1n) is 6.01. The van der Waals surface area contributed by atoms with Crippen LogP contribution in [-0.4, -0.2) is 16.9 Å². The number of nitrogens with two attached hydrogens (primary N) is 1. The molecule has 1 aliphatic rings. The van der Waals surface area contributed by atoms with E-state index in [1.165, 1.54) is 0 Å². The monoisotopic (exact) mass is 260 g/mol. The molecule has 1 heterocycles. The molecule has 17 heavy (non-hydrogen) atoms. The van der Waals surface area contributed by atoms with Crippen molar-refractivity contribution in [2.24, 2.45) is 11.7 Å². The molecule has 2 N–H and O–H groups in total. The van der Waals surface area contributed by atoms with Gasteiger partial charge in [0.05, 0.1) is 5.01 Å². The molecule has 0 aliphatic heterocycles. The topological polar surface area (TPSA) is 38.9 Å². The van der Waals surface area contributed by atoms with Gasteiger partial charge < -0.3 is 5.73 Å². The van der Waals surface area contributed by atoms with Gasteiger partial charge in [-0.2, -0.15) is 0 Å². The van der Waals surface area contributed by atoms with Crippen molar-refractivity contribution in [1.29, 1.82) is 0 Å². The summed E-state index contributed by atoms with van der Waals surface area (Å²) in [4.78, 5) is 4.36. The van der Waals surface area contributed by atoms with Gasteiger partial charge in [0.2, 0.25) is 5.92 Å². The second-order valence-corrected chi connectivity index (χ2v) is 5.89. The van der Waals surface area contributed by atoms with Crippen molar-refractivity contribution in [3.05, 3.63) is 16.1 Å². The predicted molar refractivity (Wildman–Crippen MR) is 65.4 cm³/mol. The number of rotatable bonds is 3. The van der Waals surface area contributed by atoms with Crippen molar-refractivity contribution in [1.82, 2.24) is 4.98 Å². The van der Waals surface area contributed by atoms with Crippen LogP contribution in [0.3, 0.4) is 0 Å². The maximum atomic E-state index is 13.0. The zero-order valence-corrected chi connectivity index (χ0v) is 10.8. The average molecular weight is 260 g/mol. The summed E-state index contributed by atoms with van der Waals surface area (Å²) in [7, 11) is 0. The number of aromatic nitrogens is 1. The van der Waals surface area contributed by atoms with E-state index in [0.29, 0.717) is 12.8 Å². The molecule has 1 saturated carbocycles. The maximum absolute atomic E-state index is 13.0. The standard InChI is InChI=1S/C12H18F2N2S/c1-8-7-17-11(16-8)6-10(15)9-2-4-12(13,14)5-3-9/h7,9-10H,2-6,15H2,1H3. The molecule has 2 rings (SSSR count). The second kappa shape index (κ2) is 4.98. The lowest BCUT2D eigenvalue weighted by atomic mass is 9.81. The van der Waals surface area contributed by atoms with E-state index in [2.05, 4.69) is 4.98 Å². The molecule has 1 fully saturated rings. The largest absolute Gasteiger partial charge is 0.327 e. The lowest BCUT2D eigenvalue weighted by Crippen LogP contribution is -2.37. The highest BCUT2D eigenvalue weighted by Gasteiger charge is 2.36. The molecule has 96 valence electrons. The molecule has 1 aromatic rings. The third kappa shape index (κ3) is 3.45. The van der Waals surface area contributed by atoms with E-state index in [1.54, 1.807) is 11.3 Å². The molecule has 0 saturated heterocycles. The summed E-state index contributed by atoms with van der Waals surface area (Å²) in [6.07, 6.45) is 1.77. The van der Waals surface area contributed by atoms with Crippen LogP contribution in [0, 0.1) is 12.8 Å². The normalized spacial score (nSPS) is 22.6. The van der Waals surface area contributed by atoms with Crippen molar-refractivity contribution in [2.75, 3.05) is 0 Å². The Morgan fingerprint density at radius 1 is 1.53 bits per heavy atom. The molecule has 2 nitrogen and oxygen atoms in total. The van der Waals surface area contributed by atoms with Gasteiger partial charge >= 0.3 is 0 Å². The van der Waals surface area contributed by atoms with Crippen LogP contribution in [0.4, 0.5) is 8.78 Å². The third-order valence-corrected chi connectivity index (χ3v) is 4.43. The van der Waals surface area contributed by atoms with Gasteiger partial charge in [0, 0.05) is 36.4 Å². The molecule has 1 aliphatic carbocycles. The molecule has 1 atom stereocenters. The smallest absolute Gasteiger partial charge is 0.248 e. The molecule has 1 unspecified atom stereocenters.